The van der Waals surface area contributed by atoms with Gasteiger partial charge in [-0.1, -0.05) is 82.7 Å². The van der Waals surface area contributed by atoms with Gasteiger partial charge in [-0.05, 0) is 53.1 Å². The highest BCUT2D eigenvalue weighted by atomic mass is 79.9. The molecule has 1 heterocycles. The lowest BCUT2D eigenvalue weighted by molar-refractivity contribution is -0.123. The molecule has 30 heavy (non-hydrogen) atoms. The first-order valence-corrected chi connectivity index (χ1v) is 11.4. The number of nitrogens with one attached hydrogen (secondary N) is 1. The van der Waals surface area contributed by atoms with Crippen molar-refractivity contribution in [2.45, 2.75) is 31.3 Å². The molecular weight excluding hydrogens is 436 g/mol. The predicted octanol–water partition coefficient (Wildman–Crippen LogP) is 4.68. The lowest BCUT2D eigenvalue weighted by Gasteiger charge is -2.38. The van der Waals surface area contributed by atoms with Crippen LogP contribution in [0.4, 0.5) is 0 Å². The molecular formula is C26H25BrN2O. The second-order valence-electron chi connectivity index (χ2n) is 8.28. The van der Waals surface area contributed by atoms with Crippen molar-refractivity contribution in [3.05, 3.63) is 105 Å². The lowest BCUT2D eigenvalue weighted by atomic mass is 9.88. The molecule has 0 fully saturated rings. The molecule has 1 unspecified atom stereocenters. The fourth-order valence-corrected chi connectivity index (χ4v) is 5.47. The number of nitrogens with zero attached hydrogens (tertiary/aromatic N) is 1. The zero-order valence-electron chi connectivity index (χ0n) is 16.9. The molecule has 1 N–H and O–H groups in total. The summed E-state index contributed by atoms with van der Waals surface area (Å²) >= 11 is 3.74. The van der Waals surface area contributed by atoms with Crippen LogP contribution in [-0.4, -0.2) is 29.9 Å². The molecule has 0 saturated heterocycles. The Morgan fingerprint density at radius 2 is 1.47 bits per heavy atom. The highest BCUT2D eigenvalue weighted by Crippen LogP contribution is 2.38. The summed E-state index contributed by atoms with van der Waals surface area (Å²) < 4.78 is 1.09. The summed E-state index contributed by atoms with van der Waals surface area (Å²) in [6.07, 6.45) is 2.83. The van der Waals surface area contributed by atoms with Crippen LogP contribution in [0, 0.1) is 0 Å². The molecule has 152 valence electrons. The number of carbonyl (C=O) groups excluding carboxylic acids is 1. The van der Waals surface area contributed by atoms with Gasteiger partial charge in [0.1, 0.15) is 0 Å². The Morgan fingerprint density at radius 1 is 0.867 bits per heavy atom. The molecule has 1 aliphatic heterocycles. The summed E-state index contributed by atoms with van der Waals surface area (Å²) in [6.45, 7) is 1.29. The Bertz CT molecular complexity index is 1050. The first-order chi connectivity index (χ1) is 14.7. The number of benzene rings is 3. The summed E-state index contributed by atoms with van der Waals surface area (Å²) in [6, 6.07) is 25.8. The van der Waals surface area contributed by atoms with Crippen molar-refractivity contribution in [1.82, 2.24) is 10.2 Å². The van der Waals surface area contributed by atoms with Gasteiger partial charge in [0.05, 0.1) is 12.6 Å². The van der Waals surface area contributed by atoms with Crippen LogP contribution in [-0.2, 0) is 24.1 Å². The van der Waals surface area contributed by atoms with E-state index in [0.29, 0.717) is 6.54 Å². The van der Waals surface area contributed by atoms with E-state index in [-0.39, 0.29) is 18.0 Å². The maximum absolute atomic E-state index is 13.0. The van der Waals surface area contributed by atoms with Crippen LogP contribution >= 0.6 is 15.9 Å². The minimum atomic E-state index is 0.0806. The summed E-state index contributed by atoms with van der Waals surface area (Å²) in [5.41, 5.74) is 6.62. The SMILES string of the molecule is O=C(CN1CCc2ccccc2C1c1ccccc1Br)NC1Cc2ccccc2C1. The van der Waals surface area contributed by atoms with Crippen LogP contribution in [0.2, 0.25) is 0 Å². The summed E-state index contributed by atoms with van der Waals surface area (Å²) in [5.74, 6) is 0.115. The van der Waals surface area contributed by atoms with Crippen LogP contribution in [0.25, 0.3) is 0 Å². The molecule has 0 spiro atoms. The zero-order valence-corrected chi connectivity index (χ0v) is 18.4. The topological polar surface area (TPSA) is 32.3 Å². The van der Waals surface area contributed by atoms with Gasteiger partial charge < -0.3 is 5.32 Å². The van der Waals surface area contributed by atoms with Crippen LogP contribution in [0.5, 0.6) is 0 Å². The molecule has 1 atom stereocenters. The Morgan fingerprint density at radius 3 is 2.17 bits per heavy atom. The van der Waals surface area contributed by atoms with E-state index in [1.807, 2.05) is 6.07 Å². The fourth-order valence-electron chi connectivity index (χ4n) is 4.97. The zero-order chi connectivity index (χ0) is 20.5. The smallest absolute Gasteiger partial charge is 0.234 e. The van der Waals surface area contributed by atoms with E-state index < -0.39 is 0 Å². The summed E-state index contributed by atoms with van der Waals surface area (Å²) in [4.78, 5) is 15.3. The summed E-state index contributed by atoms with van der Waals surface area (Å²) in [7, 11) is 0. The third-order valence-corrected chi connectivity index (χ3v) is 7.07. The second kappa shape index (κ2) is 8.37. The van der Waals surface area contributed by atoms with Crippen molar-refractivity contribution in [2.24, 2.45) is 0 Å². The van der Waals surface area contributed by atoms with Crippen molar-refractivity contribution >= 4 is 21.8 Å². The normalized spacial score (nSPS) is 18.6. The third kappa shape index (κ3) is 3.82. The molecule has 1 aliphatic carbocycles. The van der Waals surface area contributed by atoms with Gasteiger partial charge in [0.25, 0.3) is 0 Å². The first kappa shape index (κ1) is 19.5. The van der Waals surface area contributed by atoms with Gasteiger partial charge in [0, 0.05) is 17.1 Å². The average Bonchev–Trinajstić information content (AvgIpc) is 3.16. The molecule has 0 saturated carbocycles. The summed E-state index contributed by atoms with van der Waals surface area (Å²) in [5, 5.41) is 3.29. The minimum absolute atomic E-state index is 0.0806. The van der Waals surface area contributed by atoms with E-state index in [0.717, 1.165) is 30.3 Å². The van der Waals surface area contributed by atoms with Crippen molar-refractivity contribution in [1.29, 1.82) is 0 Å². The van der Waals surface area contributed by atoms with Gasteiger partial charge in [-0.2, -0.15) is 0 Å². The van der Waals surface area contributed by atoms with Crippen molar-refractivity contribution < 1.29 is 4.79 Å². The van der Waals surface area contributed by atoms with Crippen LogP contribution in [0.15, 0.2) is 77.3 Å². The molecule has 3 aromatic carbocycles. The van der Waals surface area contributed by atoms with Crippen LogP contribution < -0.4 is 5.32 Å². The van der Waals surface area contributed by atoms with Gasteiger partial charge in [-0.25, -0.2) is 0 Å². The maximum Gasteiger partial charge on any atom is 0.234 e. The highest BCUT2D eigenvalue weighted by molar-refractivity contribution is 9.10. The van der Waals surface area contributed by atoms with Crippen molar-refractivity contribution in [3.63, 3.8) is 0 Å². The molecule has 4 heteroatoms. The average molecular weight is 461 g/mol. The van der Waals surface area contributed by atoms with Crippen LogP contribution in [0.1, 0.15) is 33.9 Å². The Labute approximate surface area is 186 Å². The van der Waals surface area contributed by atoms with Gasteiger partial charge in [-0.3, -0.25) is 9.69 Å². The molecule has 1 amide bonds. The molecule has 0 radical (unpaired) electrons. The lowest BCUT2D eigenvalue weighted by Crippen LogP contribution is -2.46. The van der Waals surface area contributed by atoms with E-state index in [4.69, 9.17) is 0 Å². The number of fused-ring (bicyclic) bond motifs is 2. The molecule has 3 nitrogen and oxygen atoms in total. The quantitative estimate of drug-likeness (QED) is 0.612. The number of hydrogen-bond donors (Lipinski definition) is 1. The van der Waals surface area contributed by atoms with E-state index in [9.17, 15) is 4.79 Å². The Kier molecular flexibility index (Phi) is 5.45. The van der Waals surface area contributed by atoms with Gasteiger partial charge in [-0.15, -0.1) is 0 Å². The largest absolute Gasteiger partial charge is 0.352 e. The van der Waals surface area contributed by atoms with Gasteiger partial charge >= 0.3 is 0 Å². The standard InChI is InChI=1S/C26H25BrN2O/c27-24-12-6-5-11-23(24)26-22-10-4-3-7-18(22)13-14-29(26)17-25(30)28-21-15-19-8-1-2-9-20(19)16-21/h1-12,21,26H,13-17H2,(H,28,30). The van der Waals surface area contributed by atoms with E-state index in [1.54, 1.807) is 0 Å². The molecule has 5 rings (SSSR count). The van der Waals surface area contributed by atoms with E-state index in [1.165, 1.54) is 27.8 Å². The monoisotopic (exact) mass is 460 g/mol. The van der Waals surface area contributed by atoms with Gasteiger partial charge in [0.2, 0.25) is 5.91 Å². The fraction of sp³-hybridized carbons (Fsp3) is 0.269. The molecule has 0 aromatic heterocycles. The number of carbonyl (C=O) groups is 1. The van der Waals surface area contributed by atoms with E-state index in [2.05, 4.69) is 92.9 Å². The number of rotatable bonds is 4. The predicted molar refractivity (Wildman–Crippen MR) is 123 cm³/mol. The number of hydrogen-bond acceptors (Lipinski definition) is 2. The maximum atomic E-state index is 13.0. The van der Waals surface area contributed by atoms with Crippen molar-refractivity contribution in [3.8, 4) is 0 Å². The number of amides is 1. The van der Waals surface area contributed by atoms with Gasteiger partial charge in [0.15, 0.2) is 0 Å². The Hall–Kier alpha value is -2.43. The van der Waals surface area contributed by atoms with E-state index >= 15 is 0 Å². The van der Waals surface area contributed by atoms with Crippen LogP contribution in [0.3, 0.4) is 0 Å². The third-order valence-electron chi connectivity index (χ3n) is 6.35. The number of halogens is 1. The van der Waals surface area contributed by atoms with Crippen molar-refractivity contribution in [2.75, 3.05) is 13.1 Å². The highest BCUT2D eigenvalue weighted by Gasteiger charge is 2.31. The minimum Gasteiger partial charge on any atom is -0.352 e. The molecule has 2 aliphatic rings. The second-order valence-corrected chi connectivity index (χ2v) is 9.14. The molecule has 0 bridgehead atoms. The Balaban J connectivity index is 1.35. The first-order valence-electron chi connectivity index (χ1n) is 10.6. The molecule has 3 aromatic rings.